The Bertz CT molecular complexity index is 548. The van der Waals surface area contributed by atoms with Gasteiger partial charge in [0.05, 0.1) is 13.2 Å². The van der Waals surface area contributed by atoms with Crippen LogP contribution in [0.25, 0.3) is 0 Å². The second kappa shape index (κ2) is 5.83. The van der Waals surface area contributed by atoms with E-state index in [0.717, 1.165) is 11.3 Å². The smallest absolute Gasteiger partial charge is 0.228 e. The summed E-state index contributed by atoms with van der Waals surface area (Å²) in [7, 11) is 0. The predicted octanol–water partition coefficient (Wildman–Crippen LogP) is 2.69. The Labute approximate surface area is 111 Å². The Morgan fingerprint density at radius 3 is 3.05 bits per heavy atom. The largest absolute Gasteiger partial charge is 0.375 e. The number of rotatable bonds is 0. The van der Waals surface area contributed by atoms with E-state index in [9.17, 15) is 9.18 Å². The van der Waals surface area contributed by atoms with E-state index in [-0.39, 0.29) is 18.2 Å². The van der Waals surface area contributed by atoms with Crippen molar-refractivity contribution in [2.45, 2.75) is 19.8 Å². The molecule has 100 valence electrons. The standard InChI is InChI=1S/C15H16FNO2/c1-3-11-8-10(2)13(16)4-5-15(18)17-14-9-19-7-6-12(11)14/h4,8H,1,5-7,9H2,2H3,(H,17,18)/b10-8-,13-4+. The molecule has 0 saturated heterocycles. The Hall–Kier alpha value is -1.90. The molecule has 2 aliphatic rings. The van der Waals surface area contributed by atoms with Crippen LogP contribution in [0.1, 0.15) is 19.8 Å². The fraction of sp³-hybridized carbons (Fsp3) is 0.333. The molecule has 0 fully saturated rings. The van der Waals surface area contributed by atoms with Crippen LogP contribution in [-0.4, -0.2) is 19.1 Å². The molecule has 0 aromatic rings. The molecular weight excluding hydrogens is 245 g/mol. The van der Waals surface area contributed by atoms with Crippen molar-refractivity contribution in [1.29, 1.82) is 0 Å². The monoisotopic (exact) mass is 261 g/mol. The Morgan fingerprint density at radius 2 is 2.32 bits per heavy atom. The third-order valence-electron chi connectivity index (χ3n) is 3.12. The lowest BCUT2D eigenvalue weighted by molar-refractivity contribution is -0.119. The van der Waals surface area contributed by atoms with Crippen LogP contribution in [0.5, 0.6) is 0 Å². The Morgan fingerprint density at radius 1 is 1.53 bits per heavy atom. The Balaban J connectivity index is 2.53. The molecule has 0 unspecified atom stereocenters. The third kappa shape index (κ3) is 3.11. The number of ether oxygens (including phenoxy) is 1. The van der Waals surface area contributed by atoms with E-state index in [0.29, 0.717) is 30.8 Å². The average molecular weight is 261 g/mol. The molecule has 2 rings (SSSR count). The van der Waals surface area contributed by atoms with Crippen molar-refractivity contribution in [3.05, 3.63) is 52.7 Å². The number of nitrogens with one attached hydrogen (secondary N) is 1. The molecule has 3 nitrogen and oxygen atoms in total. The lowest BCUT2D eigenvalue weighted by atomic mass is 9.97. The first-order valence-corrected chi connectivity index (χ1v) is 6.16. The quantitative estimate of drug-likeness (QED) is 0.681. The summed E-state index contributed by atoms with van der Waals surface area (Å²) in [5.41, 5.74) is 5.64. The van der Waals surface area contributed by atoms with Crippen molar-refractivity contribution < 1.29 is 13.9 Å². The van der Waals surface area contributed by atoms with Crippen LogP contribution in [0.4, 0.5) is 4.39 Å². The minimum atomic E-state index is -0.390. The molecule has 0 atom stereocenters. The maximum Gasteiger partial charge on any atom is 0.228 e. The van der Waals surface area contributed by atoms with E-state index in [1.165, 1.54) is 6.08 Å². The SMILES string of the molecule is C=C=C1/C=C(C)\C(F)=C/CC(=O)NC2=C1CCOC2. The van der Waals surface area contributed by atoms with Gasteiger partial charge in [-0.1, -0.05) is 6.58 Å². The van der Waals surface area contributed by atoms with Gasteiger partial charge in [-0.05, 0) is 36.6 Å². The van der Waals surface area contributed by atoms with Crippen LogP contribution in [-0.2, 0) is 9.53 Å². The molecule has 0 aliphatic carbocycles. The van der Waals surface area contributed by atoms with Crippen LogP contribution >= 0.6 is 0 Å². The summed E-state index contributed by atoms with van der Waals surface area (Å²) < 4.78 is 19.1. The van der Waals surface area contributed by atoms with Crippen molar-refractivity contribution in [2.75, 3.05) is 13.2 Å². The van der Waals surface area contributed by atoms with Crippen LogP contribution in [0, 0.1) is 0 Å². The Kier molecular flexibility index (Phi) is 4.15. The van der Waals surface area contributed by atoms with Crippen LogP contribution in [0.3, 0.4) is 0 Å². The number of allylic oxidation sites excluding steroid dienone is 4. The van der Waals surface area contributed by atoms with Gasteiger partial charge >= 0.3 is 0 Å². The van der Waals surface area contributed by atoms with Gasteiger partial charge in [-0.15, -0.1) is 5.73 Å². The van der Waals surface area contributed by atoms with Crippen molar-refractivity contribution in [3.8, 4) is 0 Å². The van der Waals surface area contributed by atoms with Gasteiger partial charge in [-0.25, -0.2) is 4.39 Å². The molecule has 2 heterocycles. The van der Waals surface area contributed by atoms with Crippen LogP contribution < -0.4 is 5.32 Å². The average Bonchev–Trinajstić information content (AvgIpc) is 2.42. The normalized spacial score (nSPS) is 26.4. The minimum Gasteiger partial charge on any atom is -0.375 e. The molecule has 0 bridgehead atoms. The molecule has 0 aromatic heterocycles. The number of hydrogen-bond acceptors (Lipinski definition) is 2. The van der Waals surface area contributed by atoms with E-state index in [4.69, 9.17) is 4.74 Å². The summed E-state index contributed by atoms with van der Waals surface area (Å²) in [6.07, 6.45) is 3.65. The number of carbonyl (C=O) groups excluding carboxylic acids is 1. The zero-order valence-corrected chi connectivity index (χ0v) is 10.9. The summed E-state index contributed by atoms with van der Waals surface area (Å²) in [6.45, 7) is 6.24. The van der Waals surface area contributed by atoms with E-state index in [2.05, 4.69) is 17.6 Å². The number of hydrogen-bond donors (Lipinski definition) is 1. The highest BCUT2D eigenvalue weighted by Crippen LogP contribution is 2.26. The molecule has 1 N–H and O–H groups in total. The topological polar surface area (TPSA) is 38.3 Å². The van der Waals surface area contributed by atoms with E-state index in [1.807, 2.05) is 0 Å². The fourth-order valence-corrected chi connectivity index (χ4v) is 2.09. The molecule has 4 heteroatoms. The molecule has 0 saturated carbocycles. The highest BCUT2D eigenvalue weighted by Gasteiger charge is 2.19. The summed E-state index contributed by atoms with van der Waals surface area (Å²) >= 11 is 0. The fourth-order valence-electron chi connectivity index (χ4n) is 2.09. The predicted molar refractivity (Wildman–Crippen MR) is 70.8 cm³/mol. The summed E-state index contributed by atoms with van der Waals surface area (Å²) in [6, 6.07) is 0. The molecular formula is C15H16FNO2. The molecule has 0 radical (unpaired) electrons. The first-order valence-electron chi connectivity index (χ1n) is 6.16. The van der Waals surface area contributed by atoms with Gasteiger partial charge in [0.1, 0.15) is 5.83 Å². The maximum absolute atomic E-state index is 13.7. The van der Waals surface area contributed by atoms with Gasteiger partial charge < -0.3 is 10.1 Å². The van der Waals surface area contributed by atoms with E-state index in [1.54, 1.807) is 13.0 Å². The van der Waals surface area contributed by atoms with Gasteiger partial charge in [0, 0.05) is 17.7 Å². The van der Waals surface area contributed by atoms with Gasteiger partial charge in [0.2, 0.25) is 5.91 Å². The van der Waals surface area contributed by atoms with Crippen LogP contribution in [0.2, 0.25) is 0 Å². The maximum atomic E-state index is 13.7. The molecule has 2 aliphatic heterocycles. The molecule has 1 amide bonds. The van der Waals surface area contributed by atoms with E-state index < -0.39 is 0 Å². The highest BCUT2D eigenvalue weighted by molar-refractivity contribution is 5.80. The lowest BCUT2D eigenvalue weighted by Gasteiger charge is -2.22. The first kappa shape index (κ1) is 13.5. The molecule has 0 spiro atoms. The minimum absolute atomic E-state index is 0.0148. The second-order valence-electron chi connectivity index (χ2n) is 4.48. The van der Waals surface area contributed by atoms with Gasteiger partial charge in [-0.3, -0.25) is 4.79 Å². The summed E-state index contributed by atoms with van der Waals surface area (Å²) in [5.74, 6) is -0.634. The lowest BCUT2D eigenvalue weighted by Crippen LogP contribution is -2.29. The van der Waals surface area contributed by atoms with Gasteiger partial charge in [-0.2, -0.15) is 0 Å². The number of amides is 1. The number of halogens is 1. The van der Waals surface area contributed by atoms with Crippen molar-refractivity contribution >= 4 is 5.91 Å². The highest BCUT2D eigenvalue weighted by atomic mass is 19.1. The second-order valence-corrected chi connectivity index (χ2v) is 4.48. The van der Waals surface area contributed by atoms with Crippen molar-refractivity contribution in [1.82, 2.24) is 5.32 Å². The first-order chi connectivity index (χ1) is 9.11. The van der Waals surface area contributed by atoms with Gasteiger partial charge in [0.25, 0.3) is 0 Å². The van der Waals surface area contributed by atoms with Crippen molar-refractivity contribution in [3.63, 3.8) is 0 Å². The molecule has 19 heavy (non-hydrogen) atoms. The summed E-state index contributed by atoms with van der Waals surface area (Å²) in [5, 5.41) is 2.77. The number of carbonyl (C=O) groups is 1. The third-order valence-corrected chi connectivity index (χ3v) is 3.12. The van der Waals surface area contributed by atoms with Crippen molar-refractivity contribution in [2.24, 2.45) is 0 Å². The van der Waals surface area contributed by atoms with Crippen LogP contribution in [0.15, 0.2) is 52.7 Å². The zero-order chi connectivity index (χ0) is 13.8. The van der Waals surface area contributed by atoms with Gasteiger partial charge in [0.15, 0.2) is 0 Å². The molecule has 0 aromatic carbocycles. The summed E-state index contributed by atoms with van der Waals surface area (Å²) in [4.78, 5) is 11.7. The zero-order valence-electron chi connectivity index (χ0n) is 10.9. The van der Waals surface area contributed by atoms with E-state index >= 15 is 0 Å².